The van der Waals surface area contributed by atoms with Crippen molar-refractivity contribution in [3.63, 3.8) is 0 Å². The Kier molecular flexibility index (Phi) is 4.85. The van der Waals surface area contributed by atoms with E-state index < -0.39 is 23.8 Å². The van der Waals surface area contributed by atoms with E-state index in [9.17, 15) is 26.3 Å². The Hall–Kier alpha value is -2.15. The molecule has 0 radical (unpaired) electrons. The van der Waals surface area contributed by atoms with Gasteiger partial charge in [-0.25, -0.2) is 0 Å². The minimum absolute atomic E-state index is 0.0139. The number of aryl methyl sites for hydroxylation is 1. The standard InChI is InChI=1S/C14H9F6N3S/c1-23-12(14(18,19)20)5-10(22-23)8-2-3-9(6-21)11(4-8)24-7-13(15,16)17/h2-5H,7H2,1H3. The molecule has 0 saturated heterocycles. The van der Waals surface area contributed by atoms with E-state index in [0.717, 1.165) is 13.1 Å². The Bertz CT molecular complexity index is 785. The zero-order chi connectivity index (χ0) is 18.1. The van der Waals surface area contributed by atoms with Gasteiger partial charge in [-0.15, -0.1) is 11.8 Å². The van der Waals surface area contributed by atoms with E-state index in [1.54, 1.807) is 6.07 Å². The molecule has 2 aromatic rings. The molecule has 0 amide bonds. The van der Waals surface area contributed by atoms with Crippen molar-refractivity contribution in [2.24, 2.45) is 7.05 Å². The lowest BCUT2D eigenvalue weighted by molar-refractivity contribution is -0.143. The van der Waals surface area contributed by atoms with Gasteiger partial charge in [-0.1, -0.05) is 6.07 Å². The van der Waals surface area contributed by atoms with Gasteiger partial charge in [0.15, 0.2) is 0 Å². The Morgan fingerprint density at radius 2 is 1.83 bits per heavy atom. The molecule has 1 heterocycles. The van der Waals surface area contributed by atoms with Crippen LogP contribution in [0.2, 0.25) is 0 Å². The Morgan fingerprint density at radius 3 is 2.33 bits per heavy atom. The Labute approximate surface area is 136 Å². The molecular weight excluding hydrogens is 356 g/mol. The van der Waals surface area contributed by atoms with Crippen molar-refractivity contribution < 1.29 is 26.3 Å². The minimum atomic E-state index is -4.60. The molecule has 0 aliphatic rings. The van der Waals surface area contributed by atoms with E-state index in [1.165, 1.54) is 18.2 Å². The second-order valence-electron chi connectivity index (χ2n) is 4.76. The minimum Gasteiger partial charge on any atom is -0.263 e. The number of alkyl halides is 6. The largest absolute Gasteiger partial charge is 0.433 e. The van der Waals surface area contributed by atoms with Crippen LogP contribution < -0.4 is 0 Å². The summed E-state index contributed by atoms with van der Waals surface area (Å²) in [5.74, 6) is -1.21. The summed E-state index contributed by atoms with van der Waals surface area (Å²) in [5, 5.41) is 12.7. The first-order valence-corrected chi connectivity index (χ1v) is 7.35. The molecule has 0 bridgehead atoms. The summed E-state index contributed by atoms with van der Waals surface area (Å²) in [4.78, 5) is 0.0338. The number of halogens is 6. The molecule has 2 rings (SSSR count). The smallest absolute Gasteiger partial charge is 0.263 e. The zero-order valence-corrected chi connectivity index (χ0v) is 12.9. The van der Waals surface area contributed by atoms with Gasteiger partial charge in [0.05, 0.1) is 17.0 Å². The lowest BCUT2D eigenvalue weighted by Gasteiger charge is -2.08. The first-order chi connectivity index (χ1) is 11.0. The van der Waals surface area contributed by atoms with Gasteiger partial charge in [0.25, 0.3) is 0 Å². The quantitative estimate of drug-likeness (QED) is 0.588. The molecule has 128 valence electrons. The van der Waals surface area contributed by atoms with E-state index in [1.807, 2.05) is 0 Å². The van der Waals surface area contributed by atoms with Gasteiger partial charge in [0.1, 0.15) is 11.8 Å². The van der Waals surface area contributed by atoms with Crippen molar-refractivity contribution in [2.75, 3.05) is 5.75 Å². The van der Waals surface area contributed by atoms with Gasteiger partial charge >= 0.3 is 12.4 Å². The normalized spacial score (nSPS) is 12.2. The molecule has 0 unspecified atom stereocenters. The van der Waals surface area contributed by atoms with Crippen LogP contribution in [-0.2, 0) is 13.2 Å². The number of aromatic nitrogens is 2. The van der Waals surface area contributed by atoms with Crippen LogP contribution in [0.5, 0.6) is 0 Å². The van der Waals surface area contributed by atoms with Gasteiger partial charge < -0.3 is 0 Å². The van der Waals surface area contributed by atoms with Crippen LogP contribution >= 0.6 is 11.8 Å². The summed E-state index contributed by atoms with van der Waals surface area (Å²) in [6, 6.07) is 6.40. The van der Waals surface area contributed by atoms with Crippen LogP contribution in [0.4, 0.5) is 26.3 Å². The number of rotatable bonds is 3. The van der Waals surface area contributed by atoms with E-state index in [2.05, 4.69) is 5.10 Å². The number of thioether (sulfide) groups is 1. The average molecular weight is 365 g/mol. The van der Waals surface area contributed by atoms with Gasteiger partial charge in [-0.05, 0) is 18.2 Å². The average Bonchev–Trinajstić information content (AvgIpc) is 2.86. The fourth-order valence-corrected chi connectivity index (χ4v) is 2.73. The molecule has 1 aromatic heterocycles. The molecule has 10 heteroatoms. The van der Waals surface area contributed by atoms with Crippen LogP contribution in [0.3, 0.4) is 0 Å². The van der Waals surface area contributed by atoms with Gasteiger partial charge in [0, 0.05) is 17.5 Å². The summed E-state index contributed by atoms with van der Waals surface area (Å²) >= 11 is 0.400. The molecule has 24 heavy (non-hydrogen) atoms. The lowest BCUT2D eigenvalue weighted by Crippen LogP contribution is -2.11. The third-order valence-corrected chi connectivity index (χ3v) is 4.08. The highest BCUT2D eigenvalue weighted by Gasteiger charge is 2.35. The van der Waals surface area contributed by atoms with Gasteiger partial charge in [0.2, 0.25) is 0 Å². The van der Waals surface area contributed by atoms with E-state index in [-0.39, 0.29) is 21.7 Å². The highest BCUT2D eigenvalue weighted by atomic mass is 32.2. The van der Waals surface area contributed by atoms with E-state index in [4.69, 9.17) is 5.26 Å². The van der Waals surface area contributed by atoms with Crippen LogP contribution in [0.15, 0.2) is 29.2 Å². The number of nitrogens with zero attached hydrogens (tertiary/aromatic N) is 3. The summed E-state index contributed by atoms with van der Waals surface area (Å²) in [7, 11) is 1.12. The third-order valence-electron chi connectivity index (χ3n) is 2.96. The van der Waals surface area contributed by atoms with Crippen molar-refractivity contribution in [3.8, 4) is 17.3 Å². The highest BCUT2D eigenvalue weighted by molar-refractivity contribution is 7.99. The third kappa shape index (κ3) is 4.23. The van der Waals surface area contributed by atoms with Gasteiger partial charge in [-0.3, -0.25) is 4.68 Å². The van der Waals surface area contributed by atoms with Crippen LogP contribution in [0, 0.1) is 11.3 Å². The summed E-state index contributed by atoms with van der Waals surface area (Å²) in [6.07, 6.45) is -9.03. The molecule has 0 aliphatic carbocycles. The maximum atomic E-state index is 12.8. The Balaban J connectivity index is 2.40. The van der Waals surface area contributed by atoms with Crippen molar-refractivity contribution in [2.45, 2.75) is 17.2 Å². The molecule has 0 aliphatic heterocycles. The van der Waals surface area contributed by atoms with Crippen LogP contribution in [-0.4, -0.2) is 21.7 Å². The second-order valence-corrected chi connectivity index (χ2v) is 5.78. The first-order valence-electron chi connectivity index (χ1n) is 6.36. The summed E-state index contributed by atoms with van der Waals surface area (Å²) < 4.78 is 76.1. The lowest BCUT2D eigenvalue weighted by atomic mass is 10.1. The SMILES string of the molecule is Cn1nc(-c2ccc(C#N)c(SCC(F)(F)F)c2)cc1C(F)(F)F. The Morgan fingerprint density at radius 1 is 1.17 bits per heavy atom. The second kappa shape index (κ2) is 6.39. The topological polar surface area (TPSA) is 41.6 Å². The van der Waals surface area contributed by atoms with Crippen LogP contribution in [0.25, 0.3) is 11.3 Å². The van der Waals surface area contributed by atoms with Crippen LogP contribution in [0.1, 0.15) is 11.3 Å². The van der Waals surface area contributed by atoms with Gasteiger partial charge in [-0.2, -0.15) is 36.7 Å². The molecule has 0 saturated carbocycles. The summed E-state index contributed by atoms with van der Waals surface area (Å²) in [6.45, 7) is 0. The van der Waals surface area contributed by atoms with Crippen molar-refractivity contribution >= 4 is 11.8 Å². The summed E-state index contributed by atoms with van der Waals surface area (Å²) in [5.41, 5.74) is -0.806. The monoisotopic (exact) mass is 365 g/mol. The molecule has 1 aromatic carbocycles. The van der Waals surface area contributed by atoms with E-state index in [0.29, 0.717) is 16.4 Å². The predicted molar refractivity (Wildman–Crippen MR) is 75.1 cm³/mol. The molecular formula is C14H9F6N3S. The zero-order valence-electron chi connectivity index (χ0n) is 12.0. The fourth-order valence-electron chi connectivity index (χ4n) is 1.93. The molecule has 0 atom stereocenters. The number of hydrogen-bond acceptors (Lipinski definition) is 3. The highest BCUT2D eigenvalue weighted by Crippen LogP contribution is 2.35. The molecule has 3 nitrogen and oxygen atoms in total. The maximum absolute atomic E-state index is 12.8. The van der Waals surface area contributed by atoms with Crippen molar-refractivity contribution in [1.82, 2.24) is 9.78 Å². The van der Waals surface area contributed by atoms with Crippen molar-refractivity contribution in [3.05, 3.63) is 35.5 Å². The fraction of sp³-hybridized carbons (Fsp3) is 0.286. The van der Waals surface area contributed by atoms with Crippen molar-refractivity contribution in [1.29, 1.82) is 5.26 Å². The molecule has 0 N–H and O–H groups in total. The predicted octanol–water partition coefficient (Wildman–Crippen LogP) is 4.63. The molecule has 0 spiro atoms. The molecule has 0 fully saturated rings. The number of hydrogen-bond donors (Lipinski definition) is 0. The van der Waals surface area contributed by atoms with E-state index >= 15 is 0 Å². The number of nitriles is 1. The first kappa shape index (κ1) is 18.2. The maximum Gasteiger partial charge on any atom is 0.433 e. The number of benzene rings is 1.